The van der Waals surface area contributed by atoms with Crippen LogP contribution in [-0.2, 0) is 0 Å². The van der Waals surface area contributed by atoms with Crippen LogP contribution in [0.5, 0.6) is 0 Å². The van der Waals surface area contributed by atoms with E-state index in [1.807, 2.05) is 30.3 Å². The van der Waals surface area contributed by atoms with Gasteiger partial charge in [0.1, 0.15) is 11.6 Å². The first-order valence-corrected chi connectivity index (χ1v) is 7.02. The fraction of sp³-hybridized carbons (Fsp3) is 0.200. The van der Waals surface area contributed by atoms with Crippen molar-refractivity contribution in [3.05, 3.63) is 65.7 Å². The van der Waals surface area contributed by atoms with Crippen LogP contribution in [0.2, 0.25) is 0 Å². The molecule has 0 aliphatic carbocycles. The van der Waals surface area contributed by atoms with Crippen LogP contribution in [0.15, 0.2) is 53.4 Å². The summed E-state index contributed by atoms with van der Waals surface area (Å²) in [6, 6.07) is 13.5. The zero-order valence-electron chi connectivity index (χ0n) is 10.4. The molecular weight excluding hydrogens is 264 g/mol. The van der Waals surface area contributed by atoms with E-state index in [9.17, 15) is 8.78 Å². The third-order valence-electron chi connectivity index (χ3n) is 2.89. The maximum atomic E-state index is 13.5. The first-order chi connectivity index (χ1) is 9.20. The molecule has 0 aliphatic rings. The van der Waals surface area contributed by atoms with Gasteiger partial charge in [-0.05, 0) is 24.2 Å². The van der Waals surface area contributed by atoms with Crippen LogP contribution >= 0.6 is 11.8 Å². The zero-order chi connectivity index (χ0) is 13.7. The molecule has 100 valence electrons. The SMILES string of the molecule is NCC(CSc1ccc(F)cc1F)c1ccccc1. The van der Waals surface area contributed by atoms with Crippen molar-refractivity contribution in [1.82, 2.24) is 0 Å². The third-order valence-corrected chi connectivity index (χ3v) is 4.10. The van der Waals surface area contributed by atoms with Crippen LogP contribution in [0.25, 0.3) is 0 Å². The molecule has 19 heavy (non-hydrogen) atoms. The second-order valence-electron chi connectivity index (χ2n) is 4.23. The summed E-state index contributed by atoms with van der Waals surface area (Å²) in [6.07, 6.45) is 0. The minimum Gasteiger partial charge on any atom is -0.330 e. The normalized spacial score (nSPS) is 12.4. The molecule has 2 N–H and O–H groups in total. The van der Waals surface area contributed by atoms with E-state index < -0.39 is 11.6 Å². The summed E-state index contributed by atoms with van der Waals surface area (Å²) in [6.45, 7) is 0.500. The molecule has 1 atom stereocenters. The number of hydrogen-bond donors (Lipinski definition) is 1. The topological polar surface area (TPSA) is 26.0 Å². The molecule has 0 aromatic heterocycles. The fourth-order valence-electron chi connectivity index (χ4n) is 1.81. The van der Waals surface area contributed by atoms with Gasteiger partial charge in [-0.25, -0.2) is 8.78 Å². The van der Waals surface area contributed by atoms with Crippen LogP contribution in [0.1, 0.15) is 11.5 Å². The highest BCUT2D eigenvalue weighted by Crippen LogP contribution is 2.27. The van der Waals surface area contributed by atoms with E-state index in [4.69, 9.17) is 5.73 Å². The van der Waals surface area contributed by atoms with Crippen molar-refractivity contribution in [2.24, 2.45) is 5.73 Å². The molecule has 1 unspecified atom stereocenters. The van der Waals surface area contributed by atoms with Crippen LogP contribution in [0, 0.1) is 11.6 Å². The molecule has 4 heteroatoms. The Bertz CT molecular complexity index is 531. The van der Waals surface area contributed by atoms with Gasteiger partial charge in [-0.1, -0.05) is 30.3 Å². The van der Waals surface area contributed by atoms with Gasteiger partial charge < -0.3 is 5.73 Å². The number of rotatable bonds is 5. The number of benzene rings is 2. The summed E-state index contributed by atoms with van der Waals surface area (Å²) in [7, 11) is 0. The maximum Gasteiger partial charge on any atom is 0.139 e. The van der Waals surface area contributed by atoms with Crippen LogP contribution in [-0.4, -0.2) is 12.3 Å². The largest absolute Gasteiger partial charge is 0.330 e. The molecule has 0 amide bonds. The van der Waals surface area contributed by atoms with E-state index in [1.165, 1.54) is 23.9 Å². The molecule has 0 fully saturated rings. The van der Waals surface area contributed by atoms with Crippen LogP contribution < -0.4 is 5.73 Å². The highest BCUT2D eigenvalue weighted by atomic mass is 32.2. The monoisotopic (exact) mass is 279 g/mol. The summed E-state index contributed by atoms with van der Waals surface area (Å²) in [5.74, 6) is -0.243. The smallest absolute Gasteiger partial charge is 0.139 e. The molecule has 0 saturated carbocycles. The Morgan fingerprint density at radius 1 is 1.05 bits per heavy atom. The van der Waals surface area contributed by atoms with Crippen LogP contribution in [0.4, 0.5) is 8.78 Å². The van der Waals surface area contributed by atoms with Crippen molar-refractivity contribution in [3.63, 3.8) is 0 Å². The predicted molar refractivity (Wildman–Crippen MR) is 75.3 cm³/mol. The van der Waals surface area contributed by atoms with Gasteiger partial charge in [0, 0.05) is 22.6 Å². The quantitative estimate of drug-likeness (QED) is 0.842. The Morgan fingerprint density at radius 2 is 1.79 bits per heavy atom. The van der Waals surface area contributed by atoms with Gasteiger partial charge in [-0.2, -0.15) is 0 Å². The molecule has 0 heterocycles. The van der Waals surface area contributed by atoms with E-state index >= 15 is 0 Å². The van der Waals surface area contributed by atoms with E-state index in [0.29, 0.717) is 17.2 Å². The number of thioether (sulfide) groups is 1. The lowest BCUT2D eigenvalue weighted by atomic mass is 10.0. The molecular formula is C15H15F2NS. The lowest BCUT2D eigenvalue weighted by molar-refractivity contribution is 0.565. The molecule has 0 radical (unpaired) electrons. The van der Waals surface area contributed by atoms with E-state index in [-0.39, 0.29) is 5.92 Å². The molecule has 1 nitrogen and oxygen atoms in total. The lowest BCUT2D eigenvalue weighted by Gasteiger charge is -2.15. The van der Waals surface area contributed by atoms with Crippen molar-refractivity contribution >= 4 is 11.8 Å². The highest BCUT2D eigenvalue weighted by Gasteiger charge is 2.12. The van der Waals surface area contributed by atoms with Gasteiger partial charge in [-0.15, -0.1) is 11.8 Å². The van der Waals surface area contributed by atoms with Crippen molar-refractivity contribution < 1.29 is 8.78 Å². The zero-order valence-corrected chi connectivity index (χ0v) is 11.2. The lowest BCUT2D eigenvalue weighted by Crippen LogP contribution is -2.14. The van der Waals surface area contributed by atoms with E-state index in [0.717, 1.165) is 11.6 Å². The first-order valence-electron chi connectivity index (χ1n) is 6.03. The van der Waals surface area contributed by atoms with Crippen LogP contribution in [0.3, 0.4) is 0 Å². The van der Waals surface area contributed by atoms with Gasteiger partial charge in [0.15, 0.2) is 0 Å². The standard InChI is InChI=1S/C15H15F2NS/c16-13-6-7-15(14(17)8-13)19-10-12(9-18)11-4-2-1-3-5-11/h1-8,12H,9-10,18H2. The number of hydrogen-bond acceptors (Lipinski definition) is 2. The average molecular weight is 279 g/mol. The minimum atomic E-state index is -0.555. The molecule has 0 spiro atoms. The Hall–Kier alpha value is -1.39. The Kier molecular flexibility index (Phi) is 4.93. The molecule has 0 saturated heterocycles. The molecule has 2 rings (SSSR count). The Labute approximate surface area is 115 Å². The van der Waals surface area contributed by atoms with Crippen molar-refractivity contribution in [3.8, 4) is 0 Å². The second-order valence-corrected chi connectivity index (χ2v) is 5.29. The van der Waals surface area contributed by atoms with Gasteiger partial charge in [0.2, 0.25) is 0 Å². The summed E-state index contributed by atoms with van der Waals surface area (Å²) in [5, 5.41) is 0. The fourth-order valence-corrected chi connectivity index (χ4v) is 2.88. The Morgan fingerprint density at radius 3 is 2.42 bits per heavy atom. The van der Waals surface area contributed by atoms with Crippen molar-refractivity contribution in [2.45, 2.75) is 10.8 Å². The van der Waals surface area contributed by atoms with Gasteiger partial charge in [0.05, 0.1) is 0 Å². The molecule has 2 aromatic carbocycles. The van der Waals surface area contributed by atoms with Gasteiger partial charge in [-0.3, -0.25) is 0 Å². The third kappa shape index (κ3) is 3.78. The summed E-state index contributed by atoms with van der Waals surface area (Å²) >= 11 is 1.36. The summed E-state index contributed by atoms with van der Waals surface area (Å²) in [4.78, 5) is 0.454. The van der Waals surface area contributed by atoms with Gasteiger partial charge in [0.25, 0.3) is 0 Å². The van der Waals surface area contributed by atoms with E-state index in [2.05, 4.69) is 0 Å². The number of halogens is 2. The average Bonchev–Trinajstić information content (AvgIpc) is 2.43. The summed E-state index contributed by atoms with van der Waals surface area (Å²) < 4.78 is 26.3. The van der Waals surface area contributed by atoms with Gasteiger partial charge >= 0.3 is 0 Å². The maximum absolute atomic E-state index is 13.5. The second kappa shape index (κ2) is 6.68. The van der Waals surface area contributed by atoms with E-state index in [1.54, 1.807) is 0 Å². The molecule has 0 bridgehead atoms. The summed E-state index contributed by atoms with van der Waals surface area (Å²) in [5.41, 5.74) is 6.90. The Balaban J connectivity index is 2.04. The highest BCUT2D eigenvalue weighted by molar-refractivity contribution is 7.99. The molecule has 0 aliphatic heterocycles. The molecule has 2 aromatic rings. The predicted octanol–water partition coefficient (Wildman–Crippen LogP) is 3.80. The van der Waals surface area contributed by atoms with Crippen molar-refractivity contribution in [1.29, 1.82) is 0 Å². The minimum absolute atomic E-state index is 0.163. The first kappa shape index (κ1) is 14.0. The number of nitrogens with two attached hydrogens (primary N) is 1. The van der Waals surface area contributed by atoms with Crippen molar-refractivity contribution in [2.75, 3.05) is 12.3 Å².